The second-order valence-corrected chi connectivity index (χ2v) is 5.06. The van der Waals surface area contributed by atoms with Crippen LogP contribution in [0, 0.1) is 6.92 Å². The Kier molecular flexibility index (Phi) is 3.22. The van der Waals surface area contributed by atoms with Gasteiger partial charge in [-0.2, -0.15) is 0 Å². The van der Waals surface area contributed by atoms with Gasteiger partial charge in [-0.3, -0.25) is 4.57 Å². The quantitative estimate of drug-likeness (QED) is 0.797. The number of benzene rings is 2. The van der Waals surface area contributed by atoms with Gasteiger partial charge in [-0.1, -0.05) is 24.6 Å². The third-order valence-electron chi connectivity index (χ3n) is 3.58. The number of fused-ring (bicyclic) bond motifs is 1. The standard InChI is InChI=1S/C17H16N2O2/c1-3-16-18-14-10-12(17(20)21)6-9-15(14)19(16)13-7-4-11(2)5-8-13/h4-10H,3H2,1-2H3,(H,20,21). The van der Waals surface area contributed by atoms with Crippen LogP contribution in [0.25, 0.3) is 16.7 Å². The molecule has 0 saturated carbocycles. The first-order valence-corrected chi connectivity index (χ1v) is 6.92. The largest absolute Gasteiger partial charge is 0.478 e. The minimum atomic E-state index is -0.931. The van der Waals surface area contributed by atoms with Gasteiger partial charge in [0.1, 0.15) is 5.82 Å². The monoisotopic (exact) mass is 280 g/mol. The number of carboxylic acid groups (broad SMARTS) is 1. The molecule has 0 atom stereocenters. The Labute approximate surface area is 122 Å². The van der Waals surface area contributed by atoms with Crippen LogP contribution in [-0.4, -0.2) is 20.6 Å². The van der Waals surface area contributed by atoms with Gasteiger partial charge < -0.3 is 5.11 Å². The van der Waals surface area contributed by atoms with Gasteiger partial charge in [0, 0.05) is 12.1 Å². The molecule has 106 valence electrons. The smallest absolute Gasteiger partial charge is 0.335 e. The van der Waals surface area contributed by atoms with Crippen LogP contribution in [0.2, 0.25) is 0 Å². The van der Waals surface area contributed by atoms with E-state index >= 15 is 0 Å². The lowest BCUT2D eigenvalue weighted by molar-refractivity contribution is 0.0697. The maximum absolute atomic E-state index is 11.1. The zero-order valence-electron chi connectivity index (χ0n) is 12.0. The van der Waals surface area contributed by atoms with Crippen molar-refractivity contribution < 1.29 is 9.90 Å². The summed E-state index contributed by atoms with van der Waals surface area (Å²) < 4.78 is 2.08. The summed E-state index contributed by atoms with van der Waals surface area (Å²) in [7, 11) is 0. The lowest BCUT2D eigenvalue weighted by Gasteiger charge is -2.08. The molecule has 1 N–H and O–H groups in total. The molecule has 1 aromatic heterocycles. The molecule has 0 aliphatic carbocycles. The molecule has 0 radical (unpaired) electrons. The number of carbonyl (C=O) groups is 1. The number of hydrogen-bond donors (Lipinski definition) is 1. The van der Waals surface area contributed by atoms with Gasteiger partial charge in [0.15, 0.2) is 0 Å². The van der Waals surface area contributed by atoms with Gasteiger partial charge in [0.25, 0.3) is 0 Å². The van der Waals surface area contributed by atoms with Crippen molar-refractivity contribution in [2.45, 2.75) is 20.3 Å². The predicted octanol–water partition coefficient (Wildman–Crippen LogP) is 3.59. The average Bonchev–Trinajstić information content (AvgIpc) is 2.85. The number of aromatic carboxylic acids is 1. The number of aryl methyl sites for hydroxylation is 2. The van der Waals surface area contributed by atoms with E-state index in [0.717, 1.165) is 23.4 Å². The number of nitrogens with zero attached hydrogens (tertiary/aromatic N) is 2. The number of rotatable bonds is 3. The lowest BCUT2D eigenvalue weighted by atomic mass is 10.2. The van der Waals surface area contributed by atoms with E-state index in [1.54, 1.807) is 12.1 Å². The van der Waals surface area contributed by atoms with Crippen molar-refractivity contribution in [2.24, 2.45) is 0 Å². The Balaban J connectivity index is 2.25. The van der Waals surface area contributed by atoms with Crippen LogP contribution in [-0.2, 0) is 6.42 Å². The Hall–Kier alpha value is -2.62. The molecule has 0 bridgehead atoms. The summed E-state index contributed by atoms with van der Waals surface area (Å²) in [5.74, 6) is -0.00349. The van der Waals surface area contributed by atoms with Crippen LogP contribution in [0.15, 0.2) is 42.5 Å². The molecule has 0 fully saturated rings. The van der Waals surface area contributed by atoms with Gasteiger partial charge in [-0.15, -0.1) is 0 Å². The first-order chi connectivity index (χ1) is 10.1. The van der Waals surface area contributed by atoms with Crippen molar-refractivity contribution in [2.75, 3.05) is 0 Å². The van der Waals surface area contributed by atoms with Crippen LogP contribution in [0.3, 0.4) is 0 Å². The highest BCUT2D eigenvalue weighted by molar-refractivity contribution is 5.92. The molecule has 0 aliphatic rings. The maximum atomic E-state index is 11.1. The van der Waals surface area contributed by atoms with E-state index in [-0.39, 0.29) is 5.56 Å². The van der Waals surface area contributed by atoms with E-state index < -0.39 is 5.97 Å². The highest BCUT2D eigenvalue weighted by atomic mass is 16.4. The number of hydrogen-bond acceptors (Lipinski definition) is 2. The summed E-state index contributed by atoms with van der Waals surface area (Å²) in [5, 5.41) is 9.09. The normalized spacial score (nSPS) is 11.0. The van der Waals surface area contributed by atoms with Crippen LogP contribution in [0.5, 0.6) is 0 Å². The molecule has 2 aromatic carbocycles. The molecule has 3 rings (SSSR count). The van der Waals surface area contributed by atoms with Crippen molar-refractivity contribution in [3.8, 4) is 5.69 Å². The zero-order chi connectivity index (χ0) is 15.0. The fraction of sp³-hybridized carbons (Fsp3) is 0.176. The van der Waals surface area contributed by atoms with E-state index in [1.165, 1.54) is 5.56 Å². The number of aromatic nitrogens is 2. The Bertz CT molecular complexity index is 817. The lowest BCUT2D eigenvalue weighted by Crippen LogP contribution is -2.00. The Morgan fingerprint density at radius 2 is 1.90 bits per heavy atom. The molecule has 3 aromatic rings. The summed E-state index contributed by atoms with van der Waals surface area (Å²) in [6, 6.07) is 13.3. The summed E-state index contributed by atoms with van der Waals surface area (Å²) in [5.41, 5.74) is 4.16. The maximum Gasteiger partial charge on any atom is 0.335 e. The van der Waals surface area contributed by atoms with Crippen molar-refractivity contribution >= 4 is 17.0 Å². The highest BCUT2D eigenvalue weighted by Crippen LogP contribution is 2.23. The molecule has 4 nitrogen and oxygen atoms in total. The molecule has 1 heterocycles. The predicted molar refractivity (Wildman–Crippen MR) is 82.1 cm³/mol. The third-order valence-corrected chi connectivity index (χ3v) is 3.58. The van der Waals surface area contributed by atoms with Crippen LogP contribution in [0.4, 0.5) is 0 Å². The molecule has 0 amide bonds. The minimum Gasteiger partial charge on any atom is -0.478 e. The van der Waals surface area contributed by atoms with Crippen molar-refractivity contribution in [1.82, 2.24) is 9.55 Å². The first kappa shape index (κ1) is 13.4. The van der Waals surface area contributed by atoms with E-state index in [1.807, 2.05) is 13.0 Å². The highest BCUT2D eigenvalue weighted by Gasteiger charge is 2.13. The number of imidazole rings is 1. The topological polar surface area (TPSA) is 55.1 Å². The van der Waals surface area contributed by atoms with Gasteiger partial charge in [0.05, 0.1) is 16.6 Å². The van der Waals surface area contributed by atoms with E-state index in [0.29, 0.717) is 5.52 Å². The first-order valence-electron chi connectivity index (χ1n) is 6.92. The summed E-state index contributed by atoms with van der Waals surface area (Å²) >= 11 is 0. The van der Waals surface area contributed by atoms with Gasteiger partial charge >= 0.3 is 5.97 Å². The van der Waals surface area contributed by atoms with Crippen LogP contribution >= 0.6 is 0 Å². The zero-order valence-corrected chi connectivity index (χ0v) is 12.0. The van der Waals surface area contributed by atoms with Crippen molar-refractivity contribution in [1.29, 1.82) is 0 Å². The van der Waals surface area contributed by atoms with Gasteiger partial charge in [0.2, 0.25) is 0 Å². The van der Waals surface area contributed by atoms with Gasteiger partial charge in [-0.05, 0) is 37.3 Å². The third kappa shape index (κ3) is 2.29. The molecular formula is C17H16N2O2. The summed E-state index contributed by atoms with van der Waals surface area (Å²) in [6.45, 7) is 4.10. The van der Waals surface area contributed by atoms with Crippen LogP contribution in [0.1, 0.15) is 28.7 Å². The van der Waals surface area contributed by atoms with E-state index in [4.69, 9.17) is 5.11 Å². The molecule has 4 heteroatoms. The molecule has 21 heavy (non-hydrogen) atoms. The average molecular weight is 280 g/mol. The fourth-order valence-corrected chi connectivity index (χ4v) is 2.48. The number of carboxylic acids is 1. The van der Waals surface area contributed by atoms with Gasteiger partial charge in [-0.25, -0.2) is 9.78 Å². The molecule has 0 aliphatic heterocycles. The molecular weight excluding hydrogens is 264 g/mol. The van der Waals surface area contributed by atoms with Crippen molar-refractivity contribution in [3.05, 3.63) is 59.4 Å². The second kappa shape index (κ2) is 5.05. The summed E-state index contributed by atoms with van der Waals surface area (Å²) in [4.78, 5) is 15.7. The van der Waals surface area contributed by atoms with Crippen molar-refractivity contribution in [3.63, 3.8) is 0 Å². The minimum absolute atomic E-state index is 0.263. The van der Waals surface area contributed by atoms with E-state index in [9.17, 15) is 4.79 Å². The fourth-order valence-electron chi connectivity index (χ4n) is 2.48. The molecule has 0 saturated heterocycles. The Morgan fingerprint density at radius 3 is 2.52 bits per heavy atom. The van der Waals surface area contributed by atoms with Crippen LogP contribution < -0.4 is 0 Å². The summed E-state index contributed by atoms with van der Waals surface area (Å²) in [6.07, 6.45) is 0.783. The SMILES string of the molecule is CCc1nc2cc(C(=O)O)ccc2n1-c1ccc(C)cc1. The molecule has 0 unspecified atom stereocenters. The Morgan fingerprint density at radius 1 is 1.19 bits per heavy atom. The molecule has 0 spiro atoms. The second-order valence-electron chi connectivity index (χ2n) is 5.06. The van der Waals surface area contributed by atoms with E-state index in [2.05, 4.69) is 40.7 Å².